The molecule has 1 aliphatic rings. The summed E-state index contributed by atoms with van der Waals surface area (Å²) >= 11 is 6.13. The average Bonchev–Trinajstić information content (AvgIpc) is 3.31. The molecule has 1 aliphatic heterocycles. The van der Waals surface area contributed by atoms with Crippen LogP contribution in [-0.2, 0) is 20.1 Å². The summed E-state index contributed by atoms with van der Waals surface area (Å²) in [7, 11) is 1.56. The van der Waals surface area contributed by atoms with Crippen LogP contribution in [0.1, 0.15) is 11.1 Å². The third kappa shape index (κ3) is 2.97. The van der Waals surface area contributed by atoms with Gasteiger partial charge in [-0.15, -0.1) is 0 Å². The van der Waals surface area contributed by atoms with Gasteiger partial charge in [-0.2, -0.15) is 4.98 Å². The fraction of sp³-hybridized carbons (Fsp3) is 0.227. The van der Waals surface area contributed by atoms with Crippen molar-refractivity contribution in [1.82, 2.24) is 18.7 Å². The number of hydrogen-bond acceptors (Lipinski definition) is 4. The van der Waals surface area contributed by atoms with Crippen molar-refractivity contribution in [2.45, 2.75) is 20.0 Å². The molecule has 0 saturated carbocycles. The monoisotopic (exact) mass is 439 g/mol. The number of aromatic nitrogens is 4. The van der Waals surface area contributed by atoms with E-state index in [4.69, 9.17) is 11.6 Å². The molecule has 158 valence electrons. The summed E-state index contributed by atoms with van der Waals surface area (Å²) in [6, 6.07) is 12.3. The Morgan fingerprint density at radius 2 is 1.90 bits per heavy atom. The van der Waals surface area contributed by atoms with Crippen LogP contribution in [0.5, 0.6) is 0 Å². The summed E-state index contributed by atoms with van der Waals surface area (Å²) in [6.07, 6.45) is 0. The van der Waals surface area contributed by atoms with Crippen molar-refractivity contribution in [2.75, 3.05) is 11.4 Å². The summed E-state index contributed by atoms with van der Waals surface area (Å²) in [5, 5.41) is 0.165. The van der Waals surface area contributed by atoms with Gasteiger partial charge >= 0.3 is 5.69 Å². The molecule has 5 rings (SSSR count). The molecule has 0 bridgehead atoms. The molecule has 31 heavy (non-hydrogen) atoms. The van der Waals surface area contributed by atoms with Gasteiger partial charge in [-0.25, -0.2) is 9.18 Å². The van der Waals surface area contributed by atoms with E-state index >= 15 is 0 Å². The highest BCUT2D eigenvalue weighted by Crippen LogP contribution is 2.32. The number of halogens is 2. The number of imidazole rings is 1. The van der Waals surface area contributed by atoms with Crippen LogP contribution in [0, 0.1) is 12.7 Å². The first-order chi connectivity index (χ1) is 14.9. The Bertz CT molecular complexity index is 1450. The molecule has 2 aromatic carbocycles. The smallest absolute Gasteiger partial charge is 0.310 e. The average molecular weight is 440 g/mol. The van der Waals surface area contributed by atoms with Crippen LogP contribution in [0.15, 0.2) is 52.1 Å². The largest absolute Gasteiger partial charge is 0.332 e. The van der Waals surface area contributed by atoms with Gasteiger partial charge in [0.15, 0.2) is 11.2 Å². The Labute approximate surface area is 181 Å². The lowest BCUT2D eigenvalue weighted by Gasteiger charge is -2.16. The summed E-state index contributed by atoms with van der Waals surface area (Å²) in [5.74, 6) is 0.0417. The van der Waals surface area contributed by atoms with E-state index in [-0.39, 0.29) is 17.1 Å². The van der Waals surface area contributed by atoms with E-state index in [0.29, 0.717) is 30.2 Å². The van der Waals surface area contributed by atoms with Gasteiger partial charge in [0, 0.05) is 36.4 Å². The highest BCUT2D eigenvalue weighted by Gasteiger charge is 2.29. The first kappa shape index (κ1) is 19.6. The van der Waals surface area contributed by atoms with Crippen molar-refractivity contribution in [2.24, 2.45) is 7.05 Å². The van der Waals surface area contributed by atoms with Crippen molar-refractivity contribution >= 4 is 34.4 Å². The standard InChI is InChI=1S/C22H19ClFN5O2/c1-13-5-3-6-14(11-13)27-9-10-28-18-19(25-21(27)28)26(2)22(31)29(20(18)30)12-15-16(23)7-4-8-17(15)24/h3-8,11H,9-10,12H2,1-2H3. The zero-order chi connectivity index (χ0) is 21.9. The van der Waals surface area contributed by atoms with Gasteiger partial charge < -0.3 is 9.47 Å². The molecule has 0 unspecified atom stereocenters. The maximum absolute atomic E-state index is 14.3. The van der Waals surface area contributed by atoms with Crippen LogP contribution in [0.3, 0.4) is 0 Å². The zero-order valence-corrected chi connectivity index (χ0v) is 17.7. The number of benzene rings is 2. The molecule has 0 aliphatic carbocycles. The molecule has 7 nitrogen and oxygen atoms in total. The van der Waals surface area contributed by atoms with E-state index in [1.54, 1.807) is 7.05 Å². The van der Waals surface area contributed by atoms with Gasteiger partial charge in [0.05, 0.1) is 6.54 Å². The molecule has 4 aromatic rings. The predicted molar refractivity (Wildman–Crippen MR) is 118 cm³/mol. The molecule has 0 atom stereocenters. The van der Waals surface area contributed by atoms with Crippen LogP contribution in [0.4, 0.5) is 16.0 Å². The molecule has 0 radical (unpaired) electrons. The molecule has 0 N–H and O–H groups in total. The summed E-state index contributed by atoms with van der Waals surface area (Å²) in [5.41, 5.74) is 1.72. The van der Waals surface area contributed by atoms with E-state index in [2.05, 4.69) is 4.98 Å². The molecule has 2 aromatic heterocycles. The van der Waals surface area contributed by atoms with E-state index in [1.807, 2.05) is 40.7 Å². The quantitative estimate of drug-likeness (QED) is 0.491. The number of hydrogen-bond donors (Lipinski definition) is 0. The maximum atomic E-state index is 14.3. The zero-order valence-electron chi connectivity index (χ0n) is 17.0. The second kappa shape index (κ2) is 7.09. The van der Waals surface area contributed by atoms with Crippen molar-refractivity contribution in [3.05, 3.63) is 85.3 Å². The van der Waals surface area contributed by atoms with E-state index < -0.39 is 17.1 Å². The minimum atomic E-state index is -0.573. The van der Waals surface area contributed by atoms with Crippen molar-refractivity contribution in [3.8, 4) is 0 Å². The highest BCUT2D eigenvalue weighted by molar-refractivity contribution is 6.31. The Balaban J connectivity index is 1.70. The first-order valence-corrected chi connectivity index (χ1v) is 10.2. The second-order valence-corrected chi connectivity index (χ2v) is 8.07. The molecule has 3 heterocycles. The van der Waals surface area contributed by atoms with E-state index in [9.17, 15) is 14.0 Å². The Hall–Kier alpha value is -3.39. The van der Waals surface area contributed by atoms with Crippen LogP contribution < -0.4 is 16.1 Å². The van der Waals surface area contributed by atoms with Gasteiger partial charge in [0.25, 0.3) is 5.56 Å². The SMILES string of the molecule is Cc1cccc(N2CCn3c2nc2c3c(=O)n(Cc3c(F)cccc3Cl)c(=O)n2C)c1. The molecule has 0 fully saturated rings. The molecular formula is C22H19ClFN5O2. The minimum Gasteiger partial charge on any atom is -0.310 e. The number of aryl methyl sites for hydroxylation is 2. The van der Waals surface area contributed by atoms with Crippen LogP contribution >= 0.6 is 11.6 Å². The summed E-state index contributed by atoms with van der Waals surface area (Å²) < 4.78 is 18.5. The normalized spacial score (nSPS) is 13.2. The minimum absolute atomic E-state index is 0.102. The van der Waals surface area contributed by atoms with Crippen LogP contribution in [0.25, 0.3) is 11.2 Å². The molecular weight excluding hydrogens is 421 g/mol. The van der Waals surface area contributed by atoms with Gasteiger partial charge in [-0.1, -0.05) is 29.8 Å². The molecule has 0 saturated heterocycles. The van der Waals surface area contributed by atoms with Crippen LogP contribution in [0.2, 0.25) is 5.02 Å². The van der Waals surface area contributed by atoms with Gasteiger partial charge in [-0.3, -0.25) is 13.9 Å². The fourth-order valence-electron chi connectivity index (χ4n) is 4.10. The number of anilines is 2. The van der Waals surface area contributed by atoms with E-state index in [1.165, 1.54) is 22.8 Å². The van der Waals surface area contributed by atoms with E-state index in [0.717, 1.165) is 15.8 Å². The number of rotatable bonds is 3. The third-order valence-corrected chi connectivity index (χ3v) is 6.05. The van der Waals surface area contributed by atoms with Gasteiger partial charge in [0.1, 0.15) is 5.82 Å². The highest BCUT2D eigenvalue weighted by atomic mass is 35.5. The maximum Gasteiger partial charge on any atom is 0.332 e. The van der Waals surface area contributed by atoms with Crippen molar-refractivity contribution < 1.29 is 4.39 Å². The number of fused-ring (bicyclic) bond motifs is 3. The Morgan fingerprint density at radius 1 is 1.13 bits per heavy atom. The summed E-state index contributed by atoms with van der Waals surface area (Å²) in [4.78, 5) is 32.9. The Kier molecular flexibility index (Phi) is 4.48. The Morgan fingerprint density at radius 3 is 2.65 bits per heavy atom. The molecule has 0 amide bonds. The molecule has 9 heteroatoms. The van der Waals surface area contributed by atoms with Crippen LogP contribution in [-0.4, -0.2) is 25.2 Å². The predicted octanol–water partition coefficient (Wildman–Crippen LogP) is 3.20. The van der Waals surface area contributed by atoms with Crippen molar-refractivity contribution in [1.29, 1.82) is 0 Å². The first-order valence-electron chi connectivity index (χ1n) is 9.84. The van der Waals surface area contributed by atoms with Crippen molar-refractivity contribution in [3.63, 3.8) is 0 Å². The molecule has 0 spiro atoms. The summed E-state index contributed by atoms with van der Waals surface area (Å²) in [6.45, 7) is 2.96. The fourth-order valence-corrected chi connectivity index (χ4v) is 4.32. The number of nitrogens with zero attached hydrogens (tertiary/aromatic N) is 5. The lowest BCUT2D eigenvalue weighted by molar-refractivity contribution is 0.582. The van der Waals surface area contributed by atoms with Gasteiger partial charge in [-0.05, 0) is 36.8 Å². The lowest BCUT2D eigenvalue weighted by atomic mass is 10.2. The third-order valence-electron chi connectivity index (χ3n) is 5.69. The topological polar surface area (TPSA) is 65.1 Å². The lowest BCUT2D eigenvalue weighted by Crippen LogP contribution is -2.40. The second-order valence-electron chi connectivity index (χ2n) is 7.66. The van der Waals surface area contributed by atoms with Gasteiger partial charge in [0.2, 0.25) is 5.95 Å².